The molecular formula is C13H20N2O2S. The van der Waals surface area contributed by atoms with E-state index in [0.717, 1.165) is 0 Å². The number of para-hydroxylation sites is 1. The van der Waals surface area contributed by atoms with Crippen molar-refractivity contribution >= 4 is 23.4 Å². The van der Waals surface area contributed by atoms with Crippen LogP contribution in [0, 0.1) is 0 Å². The summed E-state index contributed by atoms with van der Waals surface area (Å²) in [4.78, 5) is 12.1. The van der Waals surface area contributed by atoms with E-state index in [1.807, 2.05) is 13.2 Å². The van der Waals surface area contributed by atoms with E-state index in [2.05, 4.69) is 12.2 Å². The van der Waals surface area contributed by atoms with Crippen molar-refractivity contribution in [1.29, 1.82) is 0 Å². The van der Waals surface area contributed by atoms with Gasteiger partial charge in [0, 0.05) is 11.8 Å². The Bertz CT molecular complexity index is 410. The highest BCUT2D eigenvalue weighted by Crippen LogP contribution is 2.26. The molecule has 1 amide bonds. The quantitative estimate of drug-likeness (QED) is 0.776. The number of carbonyl (C=O) groups is 1. The summed E-state index contributed by atoms with van der Waals surface area (Å²) in [5, 5.41) is 3.26. The molecule has 0 saturated carbocycles. The summed E-state index contributed by atoms with van der Waals surface area (Å²) in [6, 6.07) is 5.21. The molecule has 0 saturated heterocycles. The van der Waals surface area contributed by atoms with Crippen molar-refractivity contribution in [3.8, 4) is 5.75 Å². The lowest BCUT2D eigenvalue weighted by Gasteiger charge is -2.14. The standard InChI is InChI=1S/C13H20N2O2S/c1-4-17-12-10(6-5-7-11(12)14)13(16)15-8-9(2)18-3/h5-7,9H,4,8,14H2,1-3H3,(H,15,16). The van der Waals surface area contributed by atoms with E-state index in [0.29, 0.717) is 35.4 Å². The topological polar surface area (TPSA) is 64.3 Å². The number of nitrogen functional groups attached to an aromatic ring is 1. The van der Waals surface area contributed by atoms with Crippen molar-refractivity contribution in [3.63, 3.8) is 0 Å². The SMILES string of the molecule is CCOc1c(N)cccc1C(=O)NCC(C)SC. The summed E-state index contributed by atoms with van der Waals surface area (Å²) < 4.78 is 5.43. The minimum atomic E-state index is -0.147. The molecule has 0 radical (unpaired) electrons. The summed E-state index contributed by atoms with van der Waals surface area (Å²) >= 11 is 1.71. The Morgan fingerprint density at radius 3 is 2.89 bits per heavy atom. The van der Waals surface area contributed by atoms with E-state index in [1.165, 1.54) is 0 Å². The lowest BCUT2D eigenvalue weighted by molar-refractivity contribution is 0.0950. The molecule has 1 atom stereocenters. The zero-order chi connectivity index (χ0) is 13.5. The summed E-state index contributed by atoms with van der Waals surface area (Å²) in [7, 11) is 0. The van der Waals surface area contributed by atoms with Crippen LogP contribution in [0.2, 0.25) is 0 Å². The molecule has 0 heterocycles. The van der Waals surface area contributed by atoms with Crippen LogP contribution in [0.1, 0.15) is 24.2 Å². The van der Waals surface area contributed by atoms with E-state index >= 15 is 0 Å². The second-order valence-corrected chi connectivity index (χ2v) is 5.19. The molecule has 1 rings (SSSR count). The first-order valence-electron chi connectivity index (χ1n) is 5.92. The number of anilines is 1. The highest BCUT2D eigenvalue weighted by molar-refractivity contribution is 7.99. The van der Waals surface area contributed by atoms with Crippen molar-refractivity contribution in [2.45, 2.75) is 19.1 Å². The molecule has 0 aliphatic rings. The van der Waals surface area contributed by atoms with E-state index < -0.39 is 0 Å². The Labute approximate surface area is 112 Å². The zero-order valence-electron chi connectivity index (χ0n) is 11.0. The summed E-state index contributed by atoms with van der Waals surface area (Å²) in [6.07, 6.45) is 2.02. The number of thioether (sulfide) groups is 1. The van der Waals surface area contributed by atoms with Gasteiger partial charge in [-0.25, -0.2) is 0 Å². The number of amides is 1. The Kier molecular flexibility index (Phi) is 5.85. The second-order valence-electron chi connectivity index (χ2n) is 3.91. The minimum Gasteiger partial charge on any atom is -0.491 e. The van der Waals surface area contributed by atoms with Gasteiger partial charge in [-0.3, -0.25) is 4.79 Å². The number of rotatable bonds is 6. The number of nitrogens with two attached hydrogens (primary N) is 1. The van der Waals surface area contributed by atoms with E-state index in [1.54, 1.807) is 30.0 Å². The monoisotopic (exact) mass is 268 g/mol. The van der Waals surface area contributed by atoms with Crippen LogP contribution in [0.25, 0.3) is 0 Å². The fourth-order valence-corrected chi connectivity index (χ4v) is 1.70. The van der Waals surface area contributed by atoms with Gasteiger partial charge in [-0.15, -0.1) is 0 Å². The van der Waals surface area contributed by atoms with Crippen LogP contribution in [0.4, 0.5) is 5.69 Å². The highest BCUT2D eigenvalue weighted by atomic mass is 32.2. The number of hydrogen-bond acceptors (Lipinski definition) is 4. The highest BCUT2D eigenvalue weighted by Gasteiger charge is 2.15. The third-order valence-electron chi connectivity index (χ3n) is 2.53. The fraction of sp³-hybridized carbons (Fsp3) is 0.462. The number of nitrogens with one attached hydrogen (secondary N) is 1. The average molecular weight is 268 g/mol. The number of ether oxygens (including phenoxy) is 1. The molecule has 0 aliphatic heterocycles. The van der Waals surface area contributed by atoms with Crippen molar-refractivity contribution < 1.29 is 9.53 Å². The normalized spacial score (nSPS) is 11.9. The van der Waals surface area contributed by atoms with Crippen molar-refractivity contribution in [3.05, 3.63) is 23.8 Å². The predicted molar refractivity (Wildman–Crippen MR) is 77.3 cm³/mol. The van der Waals surface area contributed by atoms with Crippen LogP contribution >= 0.6 is 11.8 Å². The number of hydrogen-bond donors (Lipinski definition) is 2. The van der Waals surface area contributed by atoms with E-state index in [9.17, 15) is 4.79 Å². The molecule has 3 N–H and O–H groups in total. The maximum atomic E-state index is 12.1. The molecule has 0 fully saturated rings. The molecule has 0 aromatic heterocycles. The van der Waals surface area contributed by atoms with Gasteiger partial charge in [-0.1, -0.05) is 13.0 Å². The van der Waals surface area contributed by atoms with Gasteiger partial charge in [0.2, 0.25) is 0 Å². The van der Waals surface area contributed by atoms with Gasteiger partial charge in [0.05, 0.1) is 17.9 Å². The maximum Gasteiger partial charge on any atom is 0.255 e. The fourth-order valence-electron chi connectivity index (χ4n) is 1.45. The zero-order valence-corrected chi connectivity index (χ0v) is 11.8. The lowest BCUT2D eigenvalue weighted by atomic mass is 10.1. The molecule has 1 aromatic rings. The van der Waals surface area contributed by atoms with Gasteiger partial charge in [0.1, 0.15) is 0 Å². The first-order chi connectivity index (χ1) is 8.60. The van der Waals surface area contributed by atoms with Crippen molar-refractivity contribution in [1.82, 2.24) is 5.32 Å². The van der Waals surface area contributed by atoms with Gasteiger partial charge < -0.3 is 15.8 Å². The van der Waals surface area contributed by atoms with E-state index in [-0.39, 0.29) is 5.91 Å². The molecule has 0 spiro atoms. The van der Waals surface area contributed by atoms with Crippen molar-refractivity contribution in [2.75, 3.05) is 25.1 Å². The number of benzene rings is 1. The summed E-state index contributed by atoms with van der Waals surface area (Å²) in [5.41, 5.74) is 6.80. The van der Waals surface area contributed by atoms with Crippen LogP contribution in [-0.2, 0) is 0 Å². The number of carbonyl (C=O) groups excluding carboxylic acids is 1. The molecule has 0 bridgehead atoms. The first-order valence-corrected chi connectivity index (χ1v) is 7.21. The van der Waals surface area contributed by atoms with Crippen LogP contribution in [0.5, 0.6) is 5.75 Å². The molecule has 0 aliphatic carbocycles. The first kappa shape index (κ1) is 14.7. The third kappa shape index (κ3) is 3.84. The lowest BCUT2D eigenvalue weighted by Crippen LogP contribution is -2.29. The van der Waals surface area contributed by atoms with E-state index in [4.69, 9.17) is 10.5 Å². The second kappa shape index (κ2) is 7.16. The van der Waals surface area contributed by atoms with Crippen molar-refractivity contribution in [2.24, 2.45) is 0 Å². The Morgan fingerprint density at radius 2 is 2.28 bits per heavy atom. The molecule has 1 aromatic carbocycles. The molecule has 4 nitrogen and oxygen atoms in total. The maximum absolute atomic E-state index is 12.1. The predicted octanol–water partition coefficient (Wildman–Crippen LogP) is 2.15. The van der Waals surface area contributed by atoms with Crippen LogP contribution in [0.15, 0.2) is 18.2 Å². The Balaban J connectivity index is 2.81. The van der Waals surface area contributed by atoms with Gasteiger partial charge in [0.25, 0.3) is 5.91 Å². The van der Waals surface area contributed by atoms with Gasteiger partial charge >= 0.3 is 0 Å². The molecule has 5 heteroatoms. The summed E-state index contributed by atoms with van der Waals surface area (Å²) in [5.74, 6) is 0.320. The van der Waals surface area contributed by atoms with Gasteiger partial charge in [-0.2, -0.15) is 11.8 Å². The third-order valence-corrected chi connectivity index (χ3v) is 3.50. The van der Waals surface area contributed by atoms with Crippen LogP contribution < -0.4 is 15.8 Å². The van der Waals surface area contributed by atoms with Gasteiger partial charge in [-0.05, 0) is 25.3 Å². The average Bonchev–Trinajstić information content (AvgIpc) is 2.38. The van der Waals surface area contributed by atoms with Crippen LogP contribution in [0.3, 0.4) is 0 Å². The minimum absolute atomic E-state index is 0.147. The van der Waals surface area contributed by atoms with Crippen LogP contribution in [-0.4, -0.2) is 30.6 Å². The Hall–Kier alpha value is -1.36. The molecule has 100 valence electrons. The molecular weight excluding hydrogens is 248 g/mol. The smallest absolute Gasteiger partial charge is 0.255 e. The summed E-state index contributed by atoms with van der Waals surface area (Å²) in [6.45, 7) is 5.04. The largest absolute Gasteiger partial charge is 0.491 e. The molecule has 1 unspecified atom stereocenters. The molecule has 18 heavy (non-hydrogen) atoms. The Morgan fingerprint density at radius 1 is 1.56 bits per heavy atom. The van der Waals surface area contributed by atoms with Gasteiger partial charge in [0.15, 0.2) is 5.75 Å².